The Morgan fingerprint density at radius 3 is 2.62 bits per heavy atom. The van der Waals surface area contributed by atoms with Crippen LogP contribution >= 0.6 is 0 Å². The predicted octanol–water partition coefficient (Wildman–Crippen LogP) is 3.74. The molecule has 1 amide bonds. The molecule has 1 N–H and O–H groups in total. The Morgan fingerprint density at radius 2 is 1.92 bits per heavy atom. The molecule has 6 nitrogen and oxygen atoms in total. The Bertz CT molecular complexity index is 996. The molecule has 136 valence electrons. The normalized spacial score (nSPS) is 11.6. The first kappa shape index (κ1) is 17.7. The molecule has 3 aromatic rings. The van der Waals surface area contributed by atoms with Crippen LogP contribution in [0, 0.1) is 13.8 Å². The van der Waals surface area contributed by atoms with Crippen LogP contribution in [0.1, 0.15) is 21.7 Å². The van der Waals surface area contributed by atoms with Gasteiger partial charge in [0.05, 0.1) is 17.0 Å². The monoisotopic (exact) mass is 364 g/mol. The molecule has 2 heterocycles. The van der Waals surface area contributed by atoms with Gasteiger partial charge in [-0.25, -0.2) is 4.98 Å². The number of alkyl halides is 3. The number of fused-ring (bicyclic) bond motifs is 1. The van der Waals surface area contributed by atoms with Crippen molar-refractivity contribution in [1.29, 1.82) is 0 Å². The van der Waals surface area contributed by atoms with Gasteiger partial charge in [-0.1, -0.05) is 6.07 Å². The molecule has 0 spiro atoms. The molecule has 0 saturated heterocycles. The fourth-order valence-electron chi connectivity index (χ4n) is 2.63. The van der Waals surface area contributed by atoms with Gasteiger partial charge in [0, 0.05) is 24.2 Å². The van der Waals surface area contributed by atoms with E-state index in [0.717, 1.165) is 23.2 Å². The smallest absolute Gasteiger partial charge is 0.406 e. The van der Waals surface area contributed by atoms with E-state index in [1.54, 1.807) is 31.6 Å². The summed E-state index contributed by atoms with van der Waals surface area (Å²) in [6.45, 7) is 3.48. The molecule has 9 heteroatoms. The van der Waals surface area contributed by atoms with E-state index in [9.17, 15) is 18.0 Å². The van der Waals surface area contributed by atoms with Crippen LogP contribution < -0.4 is 10.1 Å². The zero-order valence-electron chi connectivity index (χ0n) is 14.2. The summed E-state index contributed by atoms with van der Waals surface area (Å²) in [5, 5.41) is 7.56. The lowest BCUT2D eigenvalue weighted by molar-refractivity contribution is -0.274. The topological polar surface area (TPSA) is 69.0 Å². The van der Waals surface area contributed by atoms with E-state index in [-0.39, 0.29) is 5.69 Å². The van der Waals surface area contributed by atoms with Gasteiger partial charge in [0.15, 0.2) is 5.65 Å². The van der Waals surface area contributed by atoms with Gasteiger partial charge in [-0.05, 0) is 32.0 Å². The number of halogens is 3. The minimum Gasteiger partial charge on any atom is -0.406 e. The highest BCUT2D eigenvalue weighted by molar-refractivity contribution is 6.06. The first-order chi connectivity index (χ1) is 12.1. The van der Waals surface area contributed by atoms with Crippen LogP contribution in [0.15, 0.2) is 30.3 Å². The van der Waals surface area contributed by atoms with Gasteiger partial charge in [0.1, 0.15) is 5.75 Å². The van der Waals surface area contributed by atoms with Crippen LogP contribution in [0.25, 0.3) is 11.0 Å². The van der Waals surface area contributed by atoms with Gasteiger partial charge >= 0.3 is 6.36 Å². The van der Waals surface area contributed by atoms with Gasteiger partial charge in [-0.15, -0.1) is 13.2 Å². The van der Waals surface area contributed by atoms with Crippen molar-refractivity contribution in [3.63, 3.8) is 0 Å². The second kappa shape index (κ2) is 6.32. The molecule has 0 saturated carbocycles. The number of pyridine rings is 1. The third-order valence-electron chi connectivity index (χ3n) is 3.76. The summed E-state index contributed by atoms with van der Waals surface area (Å²) in [6, 6.07) is 6.75. The zero-order chi connectivity index (χ0) is 19.1. The molecular weight excluding hydrogens is 349 g/mol. The molecule has 0 unspecified atom stereocenters. The number of rotatable bonds is 3. The number of carbonyl (C=O) groups is 1. The number of nitrogens with one attached hydrogen (secondary N) is 1. The Labute approximate surface area is 146 Å². The maximum absolute atomic E-state index is 12.6. The first-order valence-corrected chi connectivity index (χ1v) is 7.62. The molecule has 3 rings (SSSR count). The summed E-state index contributed by atoms with van der Waals surface area (Å²) >= 11 is 0. The Balaban J connectivity index is 1.89. The summed E-state index contributed by atoms with van der Waals surface area (Å²) < 4.78 is 42.4. The van der Waals surface area contributed by atoms with Crippen molar-refractivity contribution in [2.75, 3.05) is 5.32 Å². The number of carbonyl (C=O) groups excluding carboxylic acids is 1. The van der Waals surface area contributed by atoms with E-state index in [0.29, 0.717) is 16.9 Å². The van der Waals surface area contributed by atoms with Crippen LogP contribution in [0.4, 0.5) is 18.9 Å². The highest BCUT2D eigenvalue weighted by atomic mass is 19.4. The molecule has 26 heavy (non-hydrogen) atoms. The predicted molar refractivity (Wildman–Crippen MR) is 89.1 cm³/mol. The highest BCUT2D eigenvalue weighted by Gasteiger charge is 2.31. The van der Waals surface area contributed by atoms with Crippen molar-refractivity contribution in [1.82, 2.24) is 14.8 Å². The fourth-order valence-corrected chi connectivity index (χ4v) is 2.63. The summed E-state index contributed by atoms with van der Waals surface area (Å²) in [4.78, 5) is 16.9. The average Bonchev–Trinajstić information content (AvgIpc) is 2.79. The minimum atomic E-state index is -4.80. The number of hydrogen-bond acceptors (Lipinski definition) is 4. The number of nitrogens with zero attached hydrogens (tertiary/aromatic N) is 3. The van der Waals surface area contributed by atoms with Crippen LogP contribution in [0.3, 0.4) is 0 Å². The largest absolute Gasteiger partial charge is 0.573 e. The summed E-state index contributed by atoms with van der Waals surface area (Å²) in [6.07, 6.45) is -4.80. The molecule has 0 aliphatic rings. The van der Waals surface area contributed by atoms with Gasteiger partial charge in [-0.3, -0.25) is 9.48 Å². The molecular formula is C17H15F3N4O2. The quantitative estimate of drug-likeness (QED) is 0.769. The van der Waals surface area contributed by atoms with Crippen molar-refractivity contribution in [2.45, 2.75) is 20.2 Å². The Morgan fingerprint density at radius 1 is 1.19 bits per heavy atom. The van der Waals surface area contributed by atoms with Crippen LogP contribution in [-0.2, 0) is 7.05 Å². The van der Waals surface area contributed by atoms with Gasteiger partial charge in [0.2, 0.25) is 0 Å². The third-order valence-corrected chi connectivity index (χ3v) is 3.76. The molecule has 0 radical (unpaired) electrons. The maximum atomic E-state index is 12.6. The van der Waals surface area contributed by atoms with Crippen molar-refractivity contribution < 1.29 is 22.7 Å². The first-order valence-electron chi connectivity index (χ1n) is 7.62. The lowest BCUT2D eigenvalue weighted by atomic mass is 10.1. The number of ether oxygens (including phenoxy) is 1. The molecule has 2 aromatic heterocycles. The lowest BCUT2D eigenvalue weighted by Crippen LogP contribution is -2.18. The van der Waals surface area contributed by atoms with Crippen molar-refractivity contribution in [2.24, 2.45) is 7.05 Å². The average molecular weight is 364 g/mol. The maximum Gasteiger partial charge on any atom is 0.573 e. The van der Waals surface area contributed by atoms with Crippen molar-refractivity contribution in [3.8, 4) is 5.75 Å². The summed E-state index contributed by atoms with van der Waals surface area (Å²) in [7, 11) is 1.76. The standard InChI is InChI=1S/C17H15F3N4O2/c1-9-14(8-13-10(2)23-24(3)15(13)21-9)16(25)22-11-5-4-6-12(7-11)26-17(18,19)20/h4-8H,1-3H3,(H,22,25). The van der Waals surface area contributed by atoms with E-state index in [1.165, 1.54) is 12.1 Å². The van der Waals surface area contributed by atoms with Crippen molar-refractivity contribution in [3.05, 3.63) is 47.3 Å². The Hall–Kier alpha value is -3.10. The number of aromatic nitrogens is 3. The van der Waals surface area contributed by atoms with E-state index >= 15 is 0 Å². The number of anilines is 1. The number of aryl methyl sites for hydroxylation is 3. The van der Waals surface area contributed by atoms with Crippen molar-refractivity contribution >= 4 is 22.6 Å². The van der Waals surface area contributed by atoms with Crippen LogP contribution in [0.2, 0.25) is 0 Å². The minimum absolute atomic E-state index is 0.180. The van der Waals surface area contributed by atoms with E-state index in [4.69, 9.17) is 0 Å². The fraction of sp³-hybridized carbons (Fsp3) is 0.235. The van der Waals surface area contributed by atoms with Gasteiger partial charge < -0.3 is 10.1 Å². The van der Waals surface area contributed by atoms with Gasteiger partial charge in [0.25, 0.3) is 5.91 Å². The molecule has 0 bridgehead atoms. The van der Waals surface area contributed by atoms with E-state index in [1.807, 2.05) is 0 Å². The highest BCUT2D eigenvalue weighted by Crippen LogP contribution is 2.26. The van der Waals surface area contributed by atoms with Crippen LogP contribution in [0.5, 0.6) is 5.75 Å². The third kappa shape index (κ3) is 3.61. The lowest BCUT2D eigenvalue weighted by Gasteiger charge is -2.11. The molecule has 0 aliphatic carbocycles. The van der Waals surface area contributed by atoms with E-state index in [2.05, 4.69) is 20.1 Å². The number of hydrogen-bond donors (Lipinski definition) is 1. The van der Waals surface area contributed by atoms with Gasteiger partial charge in [-0.2, -0.15) is 5.10 Å². The molecule has 0 atom stereocenters. The Kier molecular flexibility index (Phi) is 4.31. The zero-order valence-corrected chi connectivity index (χ0v) is 14.2. The number of benzene rings is 1. The molecule has 1 aromatic carbocycles. The molecule has 0 aliphatic heterocycles. The molecule has 0 fully saturated rings. The summed E-state index contributed by atoms with van der Waals surface area (Å²) in [5.41, 5.74) is 2.36. The second-order valence-electron chi connectivity index (χ2n) is 5.73. The van der Waals surface area contributed by atoms with Crippen LogP contribution in [-0.4, -0.2) is 27.0 Å². The number of amides is 1. The van der Waals surface area contributed by atoms with E-state index < -0.39 is 18.0 Å². The second-order valence-corrected chi connectivity index (χ2v) is 5.73. The SMILES string of the molecule is Cc1nc2c(cc1C(=O)Nc1cccc(OC(F)(F)F)c1)c(C)nn2C. The summed E-state index contributed by atoms with van der Waals surface area (Å²) in [5.74, 6) is -0.895.